The van der Waals surface area contributed by atoms with Gasteiger partial charge in [-0.05, 0) is 41.7 Å². The lowest BCUT2D eigenvalue weighted by molar-refractivity contribution is 0.351. The predicted molar refractivity (Wildman–Crippen MR) is 99.9 cm³/mol. The Balaban J connectivity index is 1.87. The molecule has 0 radical (unpaired) electrons. The lowest BCUT2D eigenvalue weighted by atomic mass is 9.86. The monoisotopic (exact) mass is 333 g/mol. The van der Waals surface area contributed by atoms with Crippen molar-refractivity contribution in [1.29, 1.82) is 0 Å². The average molecular weight is 333 g/mol. The fourth-order valence-electron chi connectivity index (χ4n) is 2.71. The van der Waals surface area contributed by atoms with Crippen LogP contribution in [0.4, 0.5) is 5.95 Å². The van der Waals surface area contributed by atoms with Crippen molar-refractivity contribution in [2.45, 2.75) is 33.2 Å². The van der Waals surface area contributed by atoms with Gasteiger partial charge in [0.15, 0.2) is 0 Å². The number of nitrogens with one attached hydrogen (secondary N) is 1. The highest BCUT2D eigenvalue weighted by Crippen LogP contribution is 2.31. The van der Waals surface area contributed by atoms with Crippen molar-refractivity contribution < 1.29 is 0 Å². The van der Waals surface area contributed by atoms with E-state index in [1.165, 1.54) is 0 Å². The summed E-state index contributed by atoms with van der Waals surface area (Å²) in [4.78, 5) is 17.5. The highest BCUT2D eigenvalue weighted by molar-refractivity contribution is 5.58. The molecule has 5 nitrogen and oxygen atoms in total. The molecular formula is C20H23N5. The number of hydrogen-bond donors (Lipinski definition) is 1. The first kappa shape index (κ1) is 17.0. The van der Waals surface area contributed by atoms with Crippen molar-refractivity contribution in [3.8, 4) is 11.3 Å². The molecule has 0 unspecified atom stereocenters. The zero-order chi connectivity index (χ0) is 17.7. The summed E-state index contributed by atoms with van der Waals surface area (Å²) in [6.07, 6.45) is 9.96. The van der Waals surface area contributed by atoms with Crippen molar-refractivity contribution in [2.24, 2.45) is 5.41 Å². The van der Waals surface area contributed by atoms with Crippen LogP contribution in [-0.2, 0) is 0 Å². The minimum atomic E-state index is 0.0952. The van der Waals surface area contributed by atoms with Crippen LogP contribution >= 0.6 is 0 Å². The summed E-state index contributed by atoms with van der Waals surface area (Å²) in [7, 11) is 0. The normalized spacial score (nSPS) is 12.6. The predicted octanol–water partition coefficient (Wildman–Crippen LogP) is 4.52. The van der Waals surface area contributed by atoms with Crippen LogP contribution in [0.2, 0.25) is 0 Å². The first-order chi connectivity index (χ1) is 12.0. The summed E-state index contributed by atoms with van der Waals surface area (Å²) >= 11 is 0. The van der Waals surface area contributed by atoms with Gasteiger partial charge in [-0.15, -0.1) is 0 Å². The van der Waals surface area contributed by atoms with Crippen LogP contribution in [0.3, 0.4) is 0 Å². The molecule has 0 fully saturated rings. The summed E-state index contributed by atoms with van der Waals surface area (Å²) in [5.41, 5.74) is 3.12. The topological polar surface area (TPSA) is 63.6 Å². The zero-order valence-electron chi connectivity index (χ0n) is 14.8. The summed E-state index contributed by atoms with van der Waals surface area (Å²) in [5.74, 6) is 0.611. The third kappa shape index (κ3) is 4.83. The number of hydrogen-bond acceptors (Lipinski definition) is 5. The van der Waals surface area contributed by atoms with Crippen LogP contribution in [0.1, 0.15) is 38.8 Å². The van der Waals surface area contributed by atoms with E-state index in [0.29, 0.717) is 5.95 Å². The molecule has 0 amide bonds. The molecular weight excluding hydrogens is 310 g/mol. The van der Waals surface area contributed by atoms with Crippen LogP contribution < -0.4 is 5.32 Å². The molecule has 3 aromatic rings. The van der Waals surface area contributed by atoms with Crippen LogP contribution in [0.15, 0.2) is 61.3 Å². The fourth-order valence-corrected chi connectivity index (χ4v) is 2.71. The molecule has 128 valence electrons. The molecule has 3 heterocycles. The van der Waals surface area contributed by atoms with Crippen LogP contribution in [0.25, 0.3) is 11.3 Å². The van der Waals surface area contributed by atoms with Crippen LogP contribution in [-0.4, -0.2) is 19.9 Å². The molecule has 5 heteroatoms. The van der Waals surface area contributed by atoms with Crippen LogP contribution in [0, 0.1) is 5.41 Å². The van der Waals surface area contributed by atoms with Crippen molar-refractivity contribution in [1.82, 2.24) is 19.9 Å². The van der Waals surface area contributed by atoms with Gasteiger partial charge < -0.3 is 5.32 Å². The van der Waals surface area contributed by atoms with Gasteiger partial charge in [-0.1, -0.05) is 26.8 Å². The third-order valence-electron chi connectivity index (χ3n) is 3.82. The molecule has 25 heavy (non-hydrogen) atoms. The Kier molecular flexibility index (Phi) is 5.03. The van der Waals surface area contributed by atoms with E-state index < -0.39 is 0 Å². The molecule has 0 saturated heterocycles. The van der Waals surface area contributed by atoms with E-state index in [-0.39, 0.29) is 11.5 Å². The highest BCUT2D eigenvalue weighted by Gasteiger charge is 2.21. The van der Waals surface area contributed by atoms with Crippen molar-refractivity contribution in [3.05, 3.63) is 66.9 Å². The Morgan fingerprint density at radius 1 is 0.960 bits per heavy atom. The maximum absolute atomic E-state index is 4.66. The summed E-state index contributed by atoms with van der Waals surface area (Å²) in [6.45, 7) is 6.68. The Morgan fingerprint density at radius 3 is 2.36 bits per heavy atom. The van der Waals surface area contributed by atoms with Gasteiger partial charge in [0.25, 0.3) is 0 Å². The summed E-state index contributed by atoms with van der Waals surface area (Å²) < 4.78 is 0. The molecule has 0 saturated carbocycles. The van der Waals surface area contributed by atoms with Gasteiger partial charge in [-0.25, -0.2) is 9.97 Å². The molecule has 1 atom stereocenters. The lowest BCUT2D eigenvalue weighted by Gasteiger charge is -2.27. The molecule has 0 aliphatic heterocycles. The van der Waals surface area contributed by atoms with Crippen molar-refractivity contribution >= 4 is 5.95 Å². The third-order valence-corrected chi connectivity index (χ3v) is 3.82. The first-order valence-corrected chi connectivity index (χ1v) is 8.41. The van der Waals surface area contributed by atoms with E-state index in [0.717, 1.165) is 23.2 Å². The maximum Gasteiger partial charge on any atom is 0.223 e. The van der Waals surface area contributed by atoms with Gasteiger partial charge in [-0.2, -0.15) is 0 Å². The second-order valence-electron chi connectivity index (χ2n) is 7.26. The van der Waals surface area contributed by atoms with Gasteiger partial charge in [0.1, 0.15) is 0 Å². The number of aromatic nitrogens is 4. The Bertz CT molecular complexity index is 797. The molecule has 0 aliphatic rings. The van der Waals surface area contributed by atoms with E-state index >= 15 is 0 Å². The summed E-state index contributed by atoms with van der Waals surface area (Å²) in [5, 5.41) is 3.48. The minimum absolute atomic E-state index is 0.0952. The number of pyridine rings is 2. The number of anilines is 1. The smallest absolute Gasteiger partial charge is 0.223 e. The van der Waals surface area contributed by atoms with E-state index in [1.54, 1.807) is 24.8 Å². The van der Waals surface area contributed by atoms with Gasteiger partial charge in [-0.3, -0.25) is 9.97 Å². The molecule has 0 aromatic carbocycles. The Hall–Kier alpha value is -2.82. The van der Waals surface area contributed by atoms with Gasteiger partial charge >= 0.3 is 0 Å². The fraction of sp³-hybridized carbons (Fsp3) is 0.300. The standard InChI is InChI=1S/C20H23N5/c1-20(2,3)12-18(16-7-5-10-22-14-16)25-19-23-11-8-17(24-19)15-6-4-9-21-13-15/h4-11,13-14,18H,12H2,1-3H3,(H,23,24,25)/t18-/m0/s1. The second-order valence-corrected chi connectivity index (χ2v) is 7.26. The largest absolute Gasteiger partial charge is 0.347 e. The SMILES string of the molecule is CC(C)(C)C[C@H](Nc1nccc(-c2cccnc2)n1)c1cccnc1. The van der Waals surface area contributed by atoms with E-state index in [2.05, 4.69) is 52.1 Å². The Labute approximate surface area is 148 Å². The average Bonchev–Trinajstić information content (AvgIpc) is 2.62. The van der Waals surface area contributed by atoms with Crippen LogP contribution in [0.5, 0.6) is 0 Å². The Morgan fingerprint density at radius 2 is 1.72 bits per heavy atom. The molecule has 3 aromatic heterocycles. The van der Waals surface area contributed by atoms with Gasteiger partial charge in [0, 0.05) is 36.5 Å². The van der Waals surface area contributed by atoms with E-state index in [4.69, 9.17) is 0 Å². The number of nitrogens with zero attached hydrogens (tertiary/aromatic N) is 4. The van der Waals surface area contributed by atoms with Crippen molar-refractivity contribution in [2.75, 3.05) is 5.32 Å². The molecule has 0 aliphatic carbocycles. The highest BCUT2D eigenvalue weighted by atomic mass is 15.1. The second kappa shape index (κ2) is 7.38. The molecule has 0 bridgehead atoms. The van der Waals surface area contributed by atoms with E-state index in [9.17, 15) is 0 Å². The zero-order valence-corrected chi connectivity index (χ0v) is 14.8. The van der Waals surface area contributed by atoms with Crippen molar-refractivity contribution in [3.63, 3.8) is 0 Å². The summed E-state index contributed by atoms with van der Waals surface area (Å²) in [6, 6.07) is 9.93. The van der Waals surface area contributed by atoms with Gasteiger partial charge in [0.2, 0.25) is 5.95 Å². The minimum Gasteiger partial charge on any atom is -0.347 e. The van der Waals surface area contributed by atoms with Gasteiger partial charge in [0.05, 0.1) is 11.7 Å². The maximum atomic E-state index is 4.66. The van der Waals surface area contributed by atoms with E-state index in [1.807, 2.05) is 30.5 Å². The lowest BCUT2D eigenvalue weighted by Crippen LogP contribution is -2.20. The molecule has 0 spiro atoms. The first-order valence-electron chi connectivity index (χ1n) is 8.41. The molecule has 1 N–H and O–H groups in total. The quantitative estimate of drug-likeness (QED) is 0.743. The molecule has 3 rings (SSSR count). The number of rotatable bonds is 5.